The highest BCUT2D eigenvalue weighted by molar-refractivity contribution is 5.91. The van der Waals surface area contributed by atoms with Gasteiger partial charge in [-0.1, -0.05) is 0 Å². The van der Waals surface area contributed by atoms with E-state index in [0.717, 1.165) is 44.5 Å². The Balaban J connectivity index is 1.58. The zero-order chi connectivity index (χ0) is 14.8. The molecule has 1 aromatic heterocycles. The predicted molar refractivity (Wildman–Crippen MR) is 78.9 cm³/mol. The zero-order valence-electron chi connectivity index (χ0n) is 11.9. The van der Waals surface area contributed by atoms with E-state index in [4.69, 9.17) is 5.73 Å². The molecule has 0 aromatic carbocycles. The highest BCUT2D eigenvalue weighted by Crippen LogP contribution is 2.25. The van der Waals surface area contributed by atoms with Crippen molar-refractivity contribution in [3.8, 4) is 0 Å². The second-order valence-corrected chi connectivity index (χ2v) is 5.81. The third-order valence-corrected chi connectivity index (χ3v) is 4.15. The van der Waals surface area contributed by atoms with Crippen molar-refractivity contribution in [1.29, 1.82) is 0 Å². The molecule has 21 heavy (non-hydrogen) atoms. The van der Waals surface area contributed by atoms with Gasteiger partial charge in [0.25, 0.3) is 5.91 Å². The summed E-state index contributed by atoms with van der Waals surface area (Å²) in [5, 5.41) is 3.07. The van der Waals surface area contributed by atoms with Crippen LogP contribution >= 0.6 is 0 Å². The summed E-state index contributed by atoms with van der Waals surface area (Å²) in [5.74, 6) is -0.209. The molecule has 1 saturated heterocycles. The van der Waals surface area contributed by atoms with Crippen molar-refractivity contribution in [2.24, 2.45) is 11.7 Å². The standard InChI is InChI=1S/C15H20N4O2/c16-14(20)13-9-12(3-6-17-13)19-7-4-10(5-8-19)15(21)18-11-1-2-11/h3,6,9-11H,1-2,4-5,7-8H2,(H2,16,20)(H,18,21). The lowest BCUT2D eigenvalue weighted by atomic mass is 9.95. The van der Waals surface area contributed by atoms with E-state index in [1.54, 1.807) is 12.3 Å². The molecule has 0 atom stereocenters. The van der Waals surface area contributed by atoms with E-state index in [2.05, 4.69) is 15.2 Å². The summed E-state index contributed by atoms with van der Waals surface area (Å²) in [5.41, 5.74) is 6.48. The summed E-state index contributed by atoms with van der Waals surface area (Å²) in [7, 11) is 0. The minimum atomic E-state index is -0.518. The second kappa shape index (κ2) is 5.71. The van der Waals surface area contributed by atoms with Gasteiger partial charge in [0.15, 0.2) is 0 Å². The van der Waals surface area contributed by atoms with Crippen LogP contribution in [0.4, 0.5) is 5.69 Å². The fraction of sp³-hybridized carbons (Fsp3) is 0.533. The number of piperidine rings is 1. The molecule has 0 bridgehead atoms. The number of carbonyl (C=O) groups is 2. The quantitative estimate of drug-likeness (QED) is 0.852. The maximum atomic E-state index is 12.0. The Morgan fingerprint density at radius 2 is 1.95 bits per heavy atom. The lowest BCUT2D eigenvalue weighted by Gasteiger charge is -2.33. The molecule has 6 nitrogen and oxygen atoms in total. The molecule has 112 valence electrons. The first-order valence-electron chi connectivity index (χ1n) is 7.44. The number of nitrogens with two attached hydrogens (primary N) is 1. The number of hydrogen-bond acceptors (Lipinski definition) is 4. The molecule has 3 N–H and O–H groups in total. The maximum absolute atomic E-state index is 12.0. The summed E-state index contributed by atoms with van der Waals surface area (Å²) < 4.78 is 0. The SMILES string of the molecule is NC(=O)c1cc(N2CCC(C(=O)NC3CC3)CC2)ccn1. The molecule has 2 amide bonds. The van der Waals surface area contributed by atoms with Crippen LogP contribution in [-0.2, 0) is 4.79 Å². The third kappa shape index (κ3) is 3.32. The van der Waals surface area contributed by atoms with Gasteiger partial charge >= 0.3 is 0 Å². The number of pyridine rings is 1. The smallest absolute Gasteiger partial charge is 0.267 e. The van der Waals surface area contributed by atoms with Crippen LogP contribution in [0, 0.1) is 5.92 Å². The van der Waals surface area contributed by atoms with Crippen molar-refractivity contribution in [3.05, 3.63) is 24.0 Å². The van der Waals surface area contributed by atoms with E-state index >= 15 is 0 Å². The molecule has 3 rings (SSSR count). The van der Waals surface area contributed by atoms with Crippen molar-refractivity contribution < 1.29 is 9.59 Å². The lowest BCUT2D eigenvalue weighted by molar-refractivity contribution is -0.125. The summed E-state index contributed by atoms with van der Waals surface area (Å²) in [4.78, 5) is 29.3. The number of rotatable bonds is 4. The van der Waals surface area contributed by atoms with E-state index in [-0.39, 0.29) is 17.5 Å². The molecule has 2 aliphatic rings. The monoisotopic (exact) mass is 288 g/mol. The van der Waals surface area contributed by atoms with Crippen LogP contribution in [0.25, 0.3) is 0 Å². The van der Waals surface area contributed by atoms with Crippen LogP contribution in [0.2, 0.25) is 0 Å². The van der Waals surface area contributed by atoms with Crippen LogP contribution in [0.3, 0.4) is 0 Å². The second-order valence-electron chi connectivity index (χ2n) is 5.81. The number of hydrogen-bond donors (Lipinski definition) is 2. The number of aromatic nitrogens is 1. The van der Waals surface area contributed by atoms with Crippen LogP contribution in [0.15, 0.2) is 18.3 Å². The van der Waals surface area contributed by atoms with Gasteiger partial charge in [0.05, 0.1) is 0 Å². The van der Waals surface area contributed by atoms with E-state index < -0.39 is 5.91 Å². The molecule has 1 aliphatic carbocycles. The number of amides is 2. The van der Waals surface area contributed by atoms with Gasteiger partial charge in [-0.25, -0.2) is 0 Å². The zero-order valence-corrected chi connectivity index (χ0v) is 11.9. The van der Waals surface area contributed by atoms with Gasteiger partial charge in [0.2, 0.25) is 5.91 Å². The van der Waals surface area contributed by atoms with E-state index in [1.165, 1.54) is 0 Å². The number of anilines is 1. The highest BCUT2D eigenvalue weighted by atomic mass is 16.2. The average molecular weight is 288 g/mol. The Morgan fingerprint density at radius 1 is 1.24 bits per heavy atom. The Hall–Kier alpha value is -2.11. The highest BCUT2D eigenvalue weighted by Gasteiger charge is 2.30. The Bertz CT molecular complexity index is 548. The first-order valence-corrected chi connectivity index (χ1v) is 7.44. The summed E-state index contributed by atoms with van der Waals surface area (Å²) in [6.45, 7) is 1.62. The van der Waals surface area contributed by atoms with Crippen molar-refractivity contribution in [2.45, 2.75) is 31.7 Å². The van der Waals surface area contributed by atoms with E-state index in [1.807, 2.05) is 6.07 Å². The minimum absolute atomic E-state index is 0.110. The molecule has 1 aliphatic heterocycles. The van der Waals surface area contributed by atoms with Gasteiger partial charge in [-0.15, -0.1) is 0 Å². The van der Waals surface area contributed by atoms with Crippen LogP contribution in [0.1, 0.15) is 36.2 Å². The third-order valence-electron chi connectivity index (χ3n) is 4.15. The van der Waals surface area contributed by atoms with Gasteiger partial charge in [-0.3, -0.25) is 14.6 Å². The van der Waals surface area contributed by atoms with Crippen molar-refractivity contribution in [2.75, 3.05) is 18.0 Å². The van der Waals surface area contributed by atoms with Crippen LogP contribution in [-0.4, -0.2) is 35.9 Å². The number of nitrogens with one attached hydrogen (secondary N) is 1. The van der Waals surface area contributed by atoms with Crippen molar-refractivity contribution in [1.82, 2.24) is 10.3 Å². The van der Waals surface area contributed by atoms with Gasteiger partial charge in [-0.05, 0) is 37.8 Å². The van der Waals surface area contributed by atoms with Gasteiger partial charge in [0.1, 0.15) is 5.69 Å². The summed E-state index contributed by atoms with van der Waals surface area (Å²) in [6, 6.07) is 4.01. The molecule has 0 spiro atoms. The lowest BCUT2D eigenvalue weighted by Crippen LogP contribution is -2.41. The first-order chi connectivity index (χ1) is 10.1. The normalized spacial score (nSPS) is 19.3. The molecular weight excluding hydrogens is 268 g/mol. The van der Waals surface area contributed by atoms with Gasteiger partial charge in [-0.2, -0.15) is 0 Å². The Labute approximate surface area is 123 Å². The molecule has 1 saturated carbocycles. The molecule has 2 fully saturated rings. The van der Waals surface area contributed by atoms with Crippen LogP contribution in [0.5, 0.6) is 0 Å². The predicted octanol–water partition coefficient (Wildman–Crippen LogP) is 0.675. The fourth-order valence-corrected chi connectivity index (χ4v) is 2.70. The summed E-state index contributed by atoms with van der Waals surface area (Å²) in [6.07, 6.45) is 5.52. The molecule has 1 aromatic rings. The fourth-order valence-electron chi connectivity index (χ4n) is 2.70. The van der Waals surface area contributed by atoms with Crippen molar-refractivity contribution >= 4 is 17.5 Å². The molecule has 0 unspecified atom stereocenters. The number of primary amides is 1. The van der Waals surface area contributed by atoms with Crippen LogP contribution < -0.4 is 16.0 Å². The topological polar surface area (TPSA) is 88.3 Å². The Kier molecular flexibility index (Phi) is 3.77. The van der Waals surface area contributed by atoms with Crippen molar-refractivity contribution in [3.63, 3.8) is 0 Å². The molecular formula is C15H20N4O2. The van der Waals surface area contributed by atoms with Gasteiger partial charge in [0, 0.05) is 36.9 Å². The van der Waals surface area contributed by atoms with E-state index in [9.17, 15) is 9.59 Å². The average Bonchev–Trinajstić information content (AvgIpc) is 3.31. The molecule has 6 heteroatoms. The largest absolute Gasteiger partial charge is 0.371 e. The molecule has 2 heterocycles. The number of carbonyl (C=O) groups excluding carboxylic acids is 2. The number of nitrogens with zero attached hydrogens (tertiary/aromatic N) is 2. The summed E-state index contributed by atoms with van der Waals surface area (Å²) >= 11 is 0. The minimum Gasteiger partial charge on any atom is -0.371 e. The first kappa shape index (κ1) is 13.9. The Morgan fingerprint density at radius 3 is 2.57 bits per heavy atom. The molecule has 0 radical (unpaired) electrons. The van der Waals surface area contributed by atoms with E-state index in [0.29, 0.717) is 6.04 Å². The van der Waals surface area contributed by atoms with Gasteiger partial charge < -0.3 is 16.0 Å². The maximum Gasteiger partial charge on any atom is 0.267 e.